The third-order valence-corrected chi connectivity index (χ3v) is 3.33. The zero-order valence-corrected chi connectivity index (χ0v) is 11.6. The second kappa shape index (κ2) is 5.92. The molecular weight excluding hydrogens is 281 g/mol. The lowest BCUT2D eigenvalue weighted by molar-refractivity contribution is 0.0471. The molecule has 0 bridgehead atoms. The minimum absolute atomic E-state index is 0.0936. The number of benzene rings is 2. The van der Waals surface area contributed by atoms with Gasteiger partial charge in [0.25, 0.3) is 0 Å². The topological polar surface area (TPSA) is 52.3 Å². The lowest BCUT2D eigenvalue weighted by atomic mass is 10.1. The first kappa shape index (κ1) is 14.3. The predicted molar refractivity (Wildman–Crippen MR) is 76.1 cm³/mol. The van der Waals surface area contributed by atoms with Gasteiger partial charge in [-0.15, -0.1) is 0 Å². The number of hydrogen-bond donors (Lipinski definition) is 1. The highest BCUT2D eigenvalue weighted by Crippen LogP contribution is 2.20. The van der Waals surface area contributed by atoms with Crippen molar-refractivity contribution in [2.75, 3.05) is 5.73 Å². The fraction of sp³-hybridized carbons (Fsp3) is 0.133. The average molecular weight is 294 g/mol. The van der Waals surface area contributed by atoms with Gasteiger partial charge in [0.15, 0.2) is 0 Å². The Morgan fingerprint density at radius 1 is 1.35 bits per heavy atom. The van der Waals surface area contributed by atoms with E-state index in [0.717, 1.165) is 0 Å². The zero-order chi connectivity index (χ0) is 14.7. The summed E-state index contributed by atoms with van der Waals surface area (Å²) in [5.41, 5.74) is 7.71. The molecule has 2 aromatic rings. The van der Waals surface area contributed by atoms with Gasteiger partial charge in [0.2, 0.25) is 0 Å². The minimum Gasteiger partial charge on any atom is -0.457 e. The maximum absolute atomic E-state index is 13.1. The van der Waals surface area contributed by atoms with Crippen molar-refractivity contribution < 1.29 is 13.9 Å². The third-order valence-electron chi connectivity index (χ3n) is 2.96. The normalized spacial score (nSPS) is 10.3. The van der Waals surface area contributed by atoms with E-state index in [1.807, 2.05) is 0 Å². The Bertz CT molecular complexity index is 658. The molecule has 0 aromatic heterocycles. The van der Waals surface area contributed by atoms with Gasteiger partial charge in [-0.1, -0.05) is 17.7 Å². The van der Waals surface area contributed by atoms with Crippen LogP contribution in [0.5, 0.6) is 0 Å². The Balaban J connectivity index is 2.13. The first-order valence-corrected chi connectivity index (χ1v) is 6.33. The van der Waals surface area contributed by atoms with Gasteiger partial charge in [-0.3, -0.25) is 0 Å². The van der Waals surface area contributed by atoms with E-state index in [4.69, 9.17) is 22.1 Å². The van der Waals surface area contributed by atoms with E-state index in [-0.39, 0.29) is 6.61 Å². The summed E-state index contributed by atoms with van der Waals surface area (Å²) in [4.78, 5) is 12.0. The highest BCUT2D eigenvalue weighted by molar-refractivity contribution is 6.31. The van der Waals surface area contributed by atoms with Crippen LogP contribution < -0.4 is 5.73 Å². The van der Waals surface area contributed by atoms with Crippen molar-refractivity contribution >= 4 is 23.3 Å². The standard InChI is InChI=1S/C15H13ClFNO2/c1-9-12(3-2-4-14(9)18)15(19)20-8-10-7-11(17)5-6-13(10)16/h2-7H,8,18H2,1H3. The molecule has 0 aliphatic rings. The lowest BCUT2D eigenvalue weighted by Gasteiger charge is -2.09. The van der Waals surface area contributed by atoms with Crippen molar-refractivity contribution in [1.29, 1.82) is 0 Å². The van der Waals surface area contributed by atoms with Gasteiger partial charge in [0.05, 0.1) is 5.56 Å². The van der Waals surface area contributed by atoms with Gasteiger partial charge in [-0.2, -0.15) is 0 Å². The van der Waals surface area contributed by atoms with E-state index in [1.165, 1.54) is 18.2 Å². The molecule has 0 saturated carbocycles. The van der Waals surface area contributed by atoms with E-state index < -0.39 is 11.8 Å². The van der Waals surface area contributed by atoms with Gasteiger partial charge in [-0.25, -0.2) is 9.18 Å². The number of nitrogen functional groups attached to an aromatic ring is 1. The molecule has 20 heavy (non-hydrogen) atoms. The van der Waals surface area contributed by atoms with Crippen molar-refractivity contribution in [2.45, 2.75) is 13.5 Å². The Hall–Kier alpha value is -2.07. The lowest BCUT2D eigenvalue weighted by Crippen LogP contribution is -2.08. The van der Waals surface area contributed by atoms with Crippen molar-refractivity contribution in [3.63, 3.8) is 0 Å². The summed E-state index contributed by atoms with van der Waals surface area (Å²) >= 11 is 5.90. The fourth-order valence-corrected chi connectivity index (χ4v) is 1.92. The molecule has 0 saturated heterocycles. The molecule has 0 amide bonds. The van der Waals surface area contributed by atoms with Crippen LogP contribution in [0.25, 0.3) is 0 Å². The number of nitrogens with two attached hydrogens (primary N) is 1. The Labute approximate surface area is 121 Å². The third kappa shape index (κ3) is 3.08. The van der Waals surface area contributed by atoms with Crippen LogP contribution in [0.4, 0.5) is 10.1 Å². The monoisotopic (exact) mass is 293 g/mol. The minimum atomic E-state index is -0.518. The molecule has 0 aliphatic carbocycles. The maximum Gasteiger partial charge on any atom is 0.338 e. The number of ether oxygens (including phenoxy) is 1. The van der Waals surface area contributed by atoms with Crippen LogP contribution in [0.3, 0.4) is 0 Å². The SMILES string of the molecule is Cc1c(N)cccc1C(=O)OCc1cc(F)ccc1Cl. The molecule has 0 fully saturated rings. The average Bonchev–Trinajstić information content (AvgIpc) is 2.42. The summed E-state index contributed by atoms with van der Waals surface area (Å²) in [6.07, 6.45) is 0. The molecular formula is C15H13ClFNO2. The number of anilines is 1. The number of carbonyl (C=O) groups excluding carboxylic acids is 1. The number of esters is 1. The maximum atomic E-state index is 13.1. The summed E-state index contributed by atoms with van der Waals surface area (Å²) in [6, 6.07) is 8.91. The Morgan fingerprint density at radius 2 is 2.10 bits per heavy atom. The van der Waals surface area contributed by atoms with Crippen LogP contribution >= 0.6 is 11.6 Å². The second-order valence-electron chi connectivity index (χ2n) is 4.33. The van der Waals surface area contributed by atoms with Gasteiger partial charge in [0, 0.05) is 16.3 Å². The summed E-state index contributed by atoms with van der Waals surface area (Å²) < 4.78 is 18.2. The van der Waals surface area contributed by atoms with Gasteiger partial charge in [-0.05, 0) is 42.8 Å². The second-order valence-corrected chi connectivity index (χ2v) is 4.74. The smallest absolute Gasteiger partial charge is 0.338 e. The van der Waals surface area contributed by atoms with Crippen LogP contribution in [0, 0.1) is 12.7 Å². The Morgan fingerprint density at radius 3 is 2.85 bits per heavy atom. The highest BCUT2D eigenvalue weighted by Gasteiger charge is 2.13. The molecule has 0 aliphatic heterocycles. The first-order valence-electron chi connectivity index (χ1n) is 5.95. The highest BCUT2D eigenvalue weighted by atomic mass is 35.5. The molecule has 0 atom stereocenters. The fourth-order valence-electron chi connectivity index (χ4n) is 1.75. The van der Waals surface area contributed by atoms with Crippen molar-refractivity contribution in [3.05, 3.63) is 63.9 Å². The quantitative estimate of drug-likeness (QED) is 0.693. The summed E-state index contributed by atoms with van der Waals surface area (Å²) in [5, 5.41) is 0.350. The van der Waals surface area contributed by atoms with E-state index in [9.17, 15) is 9.18 Å². The number of rotatable bonds is 3. The van der Waals surface area contributed by atoms with E-state index >= 15 is 0 Å². The van der Waals surface area contributed by atoms with Gasteiger partial charge < -0.3 is 10.5 Å². The van der Waals surface area contributed by atoms with Crippen LogP contribution in [0.15, 0.2) is 36.4 Å². The molecule has 0 heterocycles. The molecule has 0 radical (unpaired) electrons. The predicted octanol–water partition coefficient (Wildman–Crippen LogP) is 3.73. The number of carbonyl (C=O) groups is 1. The Kier molecular flexibility index (Phi) is 4.25. The van der Waals surface area contributed by atoms with Crippen molar-refractivity contribution in [2.24, 2.45) is 0 Å². The van der Waals surface area contributed by atoms with Crippen molar-refractivity contribution in [1.82, 2.24) is 0 Å². The summed E-state index contributed by atoms with van der Waals surface area (Å²) in [6.45, 7) is 1.64. The van der Waals surface area contributed by atoms with Gasteiger partial charge >= 0.3 is 5.97 Å². The molecule has 2 rings (SSSR count). The zero-order valence-electron chi connectivity index (χ0n) is 10.8. The molecule has 2 N–H and O–H groups in total. The molecule has 5 heteroatoms. The van der Waals surface area contributed by atoms with Crippen LogP contribution in [0.1, 0.15) is 21.5 Å². The molecule has 104 valence electrons. The molecule has 0 unspecified atom stereocenters. The van der Waals surface area contributed by atoms with Crippen LogP contribution in [-0.4, -0.2) is 5.97 Å². The molecule has 0 spiro atoms. The number of halogens is 2. The summed E-state index contributed by atoms with van der Waals surface area (Å²) in [7, 11) is 0. The molecule has 3 nitrogen and oxygen atoms in total. The largest absolute Gasteiger partial charge is 0.457 e. The van der Waals surface area contributed by atoms with E-state index in [2.05, 4.69) is 0 Å². The number of hydrogen-bond acceptors (Lipinski definition) is 3. The van der Waals surface area contributed by atoms with E-state index in [1.54, 1.807) is 25.1 Å². The van der Waals surface area contributed by atoms with Crippen LogP contribution in [0.2, 0.25) is 5.02 Å². The van der Waals surface area contributed by atoms with Gasteiger partial charge in [0.1, 0.15) is 12.4 Å². The first-order chi connectivity index (χ1) is 9.49. The van der Waals surface area contributed by atoms with E-state index in [0.29, 0.717) is 27.4 Å². The van der Waals surface area contributed by atoms with Crippen molar-refractivity contribution in [3.8, 4) is 0 Å². The van der Waals surface area contributed by atoms with Crippen LogP contribution in [-0.2, 0) is 11.3 Å². The summed E-state index contributed by atoms with van der Waals surface area (Å²) in [5.74, 6) is -0.948. The molecule has 2 aromatic carbocycles.